The van der Waals surface area contributed by atoms with Crippen molar-refractivity contribution in [3.05, 3.63) is 22.4 Å². The molecule has 1 aromatic rings. The van der Waals surface area contributed by atoms with Gasteiger partial charge in [-0.25, -0.2) is 0 Å². The third kappa shape index (κ3) is 4.05. The van der Waals surface area contributed by atoms with Crippen LogP contribution in [0.15, 0.2) is 16.8 Å². The number of aryl methyl sites for hydroxylation is 1. The molecule has 0 saturated carbocycles. The van der Waals surface area contributed by atoms with Crippen LogP contribution in [0.5, 0.6) is 0 Å². The quantitative estimate of drug-likeness (QED) is 0.854. The molecule has 0 amide bonds. The van der Waals surface area contributed by atoms with Crippen molar-refractivity contribution in [2.75, 3.05) is 33.3 Å². The molecule has 2 unspecified atom stereocenters. The minimum Gasteiger partial charge on any atom is -0.374 e. The van der Waals surface area contributed by atoms with Crippen LogP contribution in [0.2, 0.25) is 0 Å². The summed E-state index contributed by atoms with van der Waals surface area (Å²) in [6.45, 7) is 6.14. The first kappa shape index (κ1) is 14.0. The second kappa shape index (κ2) is 7.24. The molecule has 1 N–H and O–H groups in total. The van der Waals surface area contributed by atoms with Crippen LogP contribution in [0.1, 0.15) is 18.9 Å². The topological polar surface area (TPSA) is 24.5 Å². The first-order chi connectivity index (χ1) is 8.79. The molecule has 1 aliphatic rings. The zero-order chi connectivity index (χ0) is 12.8. The highest BCUT2D eigenvalue weighted by Gasteiger charge is 2.25. The van der Waals surface area contributed by atoms with Crippen molar-refractivity contribution in [3.63, 3.8) is 0 Å². The van der Waals surface area contributed by atoms with E-state index in [0.29, 0.717) is 12.1 Å². The van der Waals surface area contributed by atoms with Gasteiger partial charge in [-0.05, 0) is 48.8 Å². The third-order valence-corrected chi connectivity index (χ3v) is 4.27. The Hall–Kier alpha value is -0.420. The largest absolute Gasteiger partial charge is 0.374 e. The van der Waals surface area contributed by atoms with Crippen LogP contribution in [0, 0.1) is 0 Å². The SMILES string of the molecule is CCNC(CCc1ccsc1)C1CN(C)CCO1. The number of thiophene rings is 1. The van der Waals surface area contributed by atoms with Crippen LogP contribution in [-0.4, -0.2) is 50.3 Å². The van der Waals surface area contributed by atoms with Gasteiger partial charge in [0.15, 0.2) is 0 Å². The smallest absolute Gasteiger partial charge is 0.0855 e. The van der Waals surface area contributed by atoms with E-state index in [1.165, 1.54) is 5.56 Å². The van der Waals surface area contributed by atoms with Crippen LogP contribution in [0.25, 0.3) is 0 Å². The van der Waals surface area contributed by atoms with Crippen LogP contribution in [0.3, 0.4) is 0 Å². The van der Waals surface area contributed by atoms with Crippen molar-refractivity contribution < 1.29 is 4.74 Å². The zero-order valence-corrected chi connectivity index (χ0v) is 12.2. The first-order valence-corrected chi connectivity index (χ1v) is 7.78. The van der Waals surface area contributed by atoms with Gasteiger partial charge in [-0.15, -0.1) is 0 Å². The molecule has 1 aliphatic heterocycles. The maximum atomic E-state index is 5.93. The molecule has 3 nitrogen and oxygen atoms in total. The molecule has 18 heavy (non-hydrogen) atoms. The Morgan fingerprint density at radius 1 is 1.61 bits per heavy atom. The predicted molar refractivity (Wildman–Crippen MR) is 77.3 cm³/mol. The molecule has 1 fully saturated rings. The molecule has 0 spiro atoms. The Bertz CT molecular complexity index is 329. The van der Waals surface area contributed by atoms with Crippen LogP contribution >= 0.6 is 11.3 Å². The third-order valence-electron chi connectivity index (χ3n) is 3.54. The van der Waals surface area contributed by atoms with Crippen molar-refractivity contribution in [1.82, 2.24) is 10.2 Å². The van der Waals surface area contributed by atoms with Gasteiger partial charge in [-0.1, -0.05) is 6.92 Å². The van der Waals surface area contributed by atoms with E-state index in [4.69, 9.17) is 4.74 Å². The maximum Gasteiger partial charge on any atom is 0.0855 e. The fraction of sp³-hybridized carbons (Fsp3) is 0.714. The first-order valence-electron chi connectivity index (χ1n) is 6.84. The second-order valence-electron chi connectivity index (χ2n) is 5.01. The highest BCUT2D eigenvalue weighted by Crippen LogP contribution is 2.15. The Morgan fingerprint density at radius 2 is 2.50 bits per heavy atom. The van der Waals surface area contributed by atoms with E-state index >= 15 is 0 Å². The molecule has 2 rings (SSSR count). The van der Waals surface area contributed by atoms with E-state index in [0.717, 1.165) is 39.1 Å². The lowest BCUT2D eigenvalue weighted by molar-refractivity contribution is -0.0395. The summed E-state index contributed by atoms with van der Waals surface area (Å²) in [5, 5.41) is 7.99. The second-order valence-corrected chi connectivity index (χ2v) is 5.79. The van der Waals surface area contributed by atoms with Gasteiger partial charge in [0.1, 0.15) is 0 Å². The fourth-order valence-electron chi connectivity index (χ4n) is 2.49. The number of ether oxygens (including phenoxy) is 1. The Balaban J connectivity index is 1.86. The van der Waals surface area contributed by atoms with Crippen molar-refractivity contribution in [2.45, 2.75) is 31.9 Å². The molecule has 2 atom stereocenters. The van der Waals surface area contributed by atoms with Crippen LogP contribution in [-0.2, 0) is 11.2 Å². The zero-order valence-electron chi connectivity index (χ0n) is 11.4. The number of hydrogen-bond acceptors (Lipinski definition) is 4. The summed E-state index contributed by atoms with van der Waals surface area (Å²) < 4.78 is 5.93. The fourth-order valence-corrected chi connectivity index (χ4v) is 3.20. The lowest BCUT2D eigenvalue weighted by Gasteiger charge is -2.35. The molecular formula is C14H24N2OS. The molecule has 0 aliphatic carbocycles. The van der Waals surface area contributed by atoms with Gasteiger partial charge < -0.3 is 15.0 Å². The number of rotatable bonds is 6. The van der Waals surface area contributed by atoms with Crippen molar-refractivity contribution >= 4 is 11.3 Å². The molecule has 1 saturated heterocycles. The van der Waals surface area contributed by atoms with E-state index in [2.05, 4.69) is 41.0 Å². The Kier molecular flexibility index (Phi) is 5.63. The molecular weight excluding hydrogens is 244 g/mol. The average molecular weight is 268 g/mol. The number of morpholine rings is 1. The number of hydrogen-bond donors (Lipinski definition) is 1. The predicted octanol–water partition coefficient (Wildman–Crippen LogP) is 1.99. The summed E-state index contributed by atoms with van der Waals surface area (Å²) in [4.78, 5) is 2.36. The summed E-state index contributed by atoms with van der Waals surface area (Å²) in [7, 11) is 2.18. The van der Waals surface area contributed by atoms with Gasteiger partial charge in [-0.2, -0.15) is 11.3 Å². The highest BCUT2D eigenvalue weighted by atomic mass is 32.1. The number of nitrogens with one attached hydrogen (secondary N) is 1. The molecule has 102 valence electrons. The summed E-state index contributed by atoms with van der Waals surface area (Å²) in [5.41, 5.74) is 1.45. The van der Waals surface area contributed by atoms with Crippen molar-refractivity contribution in [3.8, 4) is 0 Å². The Morgan fingerprint density at radius 3 is 3.17 bits per heavy atom. The molecule has 0 bridgehead atoms. The highest BCUT2D eigenvalue weighted by molar-refractivity contribution is 7.07. The standard InChI is InChI=1S/C14H24N2OS/c1-3-15-13(5-4-12-6-9-18-11-12)14-10-16(2)7-8-17-14/h6,9,11,13-15H,3-5,7-8,10H2,1-2H3. The van der Waals surface area contributed by atoms with Crippen molar-refractivity contribution in [1.29, 1.82) is 0 Å². The molecule has 4 heteroatoms. The Labute approximate surface area is 114 Å². The minimum atomic E-state index is 0.335. The van der Waals surface area contributed by atoms with Gasteiger partial charge in [0.25, 0.3) is 0 Å². The molecule has 0 radical (unpaired) electrons. The average Bonchev–Trinajstić information content (AvgIpc) is 2.87. The van der Waals surface area contributed by atoms with Gasteiger partial charge in [-0.3, -0.25) is 0 Å². The number of likely N-dealkylation sites (N-methyl/N-ethyl adjacent to an activating group) is 2. The summed E-state index contributed by atoms with van der Waals surface area (Å²) in [6, 6.07) is 2.69. The minimum absolute atomic E-state index is 0.335. The van der Waals surface area contributed by atoms with E-state index in [1.807, 2.05) is 0 Å². The van der Waals surface area contributed by atoms with Gasteiger partial charge >= 0.3 is 0 Å². The van der Waals surface area contributed by atoms with Crippen molar-refractivity contribution in [2.24, 2.45) is 0 Å². The maximum absolute atomic E-state index is 5.93. The lowest BCUT2D eigenvalue weighted by atomic mass is 10.0. The summed E-state index contributed by atoms with van der Waals surface area (Å²) >= 11 is 1.78. The van der Waals surface area contributed by atoms with Crippen LogP contribution in [0.4, 0.5) is 0 Å². The monoisotopic (exact) mass is 268 g/mol. The van der Waals surface area contributed by atoms with Crippen LogP contribution < -0.4 is 5.32 Å². The molecule has 2 heterocycles. The van der Waals surface area contributed by atoms with Gasteiger partial charge in [0.05, 0.1) is 12.7 Å². The van der Waals surface area contributed by atoms with E-state index in [9.17, 15) is 0 Å². The summed E-state index contributed by atoms with van der Waals surface area (Å²) in [5.74, 6) is 0. The molecule has 1 aromatic heterocycles. The number of nitrogens with zero attached hydrogens (tertiary/aromatic N) is 1. The van der Waals surface area contributed by atoms with E-state index < -0.39 is 0 Å². The summed E-state index contributed by atoms with van der Waals surface area (Å²) in [6.07, 6.45) is 2.63. The van der Waals surface area contributed by atoms with E-state index in [-0.39, 0.29) is 0 Å². The van der Waals surface area contributed by atoms with E-state index in [1.54, 1.807) is 11.3 Å². The van der Waals surface area contributed by atoms with Gasteiger partial charge in [0.2, 0.25) is 0 Å². The lowest BCUT2D eigenvalue weighted by Crippen LogP contribution is -2.51. The molecule has 0 aromatic carbocycles. The normalized spacial score (nSPS) is 23.1. The van der Waals surface area contributed by atoms with Gasteiger partial charge in [0, 0.05) is 19.1 Å².